The highest BCUT2D eigenvalue weighted by atomic mass is 127. The molecular weight excluding hydrogens is 748 g/mol. The molecule has 0 radical (unpaired) electrons. The number of hydrogen-bond donors (Lipinski definition) is 0. The molecule has 0 aromatic heterocycles. The van der Waals surface area contributed by atoms with Crippen molar-refractivity contribution in [2.75, 3.05) is 0 Å². The van der Waals surface area contributed by atoms with Crippen LogP contribution in [-0.4, -0.2) is 0 Å². The van der Waals surface area contributed by atoms with Gasteiger partial charge in [0.1, 0.15) is 0 Å². The molecular formula is C20H10I4. The Kier molecular flexibility index (Phi) is 5.28. The summed E-state index contributed by atoms with van der Waals surface area (Å²) >= 11 is 9.92. The average molecular weight is 758 g/mol. The van der Waals surface area contributed by atoms with Gasteiger partial charge in [-0.1, -0.05) is 48.5 Å². The molecule has 0 heterocycles. The number of halogens is 4. The Labute approximate surface area is 195 Å². The lowest BCUT2D eigenvalue weighted by molar-refractivity contribution is 1.56. The third-order valence-electron chi connectivity index (χ3n) is 4.13. The normalized spacial score (nSPS) is 11.3. The van der Waals surface area contributed by atoms with Crippen molar-refractivity contribution in [3.8, 4) is 11.1 Å². The molecule has 0 N–H and O–H groups in total. The lowest BCUT2D eigenvalue weighted by Crippen LogP contribution is -1.95. The lowest BCUT2D eigenvalue weighted by atomic mass is 9.94. The number of fused-ring (bicyclic) bond motifs is 2. The first kappa shape index (κ1) is 17.7. The van der Waals surface area contributed by atoms with Crippen molar-refractivity contribution < 1.29 is 0 Å². The topological polar surface area (TPSA) is 0 Å². The van der Waals surface area contributed by atoms with Crippen molar-refractivity contribution in [1.82, 2.24) is 0 Å². The van der Waals surface area contributed by atoms with Crippen molar-refractivity contribution in [3.63, 3.8) is 0 Å². The average Bonchev–Trinajstić information content (AvgIpc) is 2.58. The van der Waals surface area contributed by atoms with E-state index in [4.69, 9.17) is 0 Å². The van der Waals surface area contributed by atoms with E-state index in [2.05, 4.69) is 151 Å². The zero-order valence-corrected chi connectivity index (χ0v) is 20.9. The molecule has 0 aliphatic carbocycles. The summed E-state index contributed by atoms with van der Waals surface area (Å²) in [5.41, 5.74) is 2.72. The van der Waals surface area contributed by atoms with E-state index in [0.29, 0.717) is 0 Å². The Morgan fingerprint density at radius 3 is 1.29 bits per heavy atom. The van der Waals surface area contributed by atoms with Crippen LogP contribution in [0.25, 0.3) is 32.7 Å². The number of rotatable bonds is 1. The number of benzene rings is 4. The minimum atomic E-state index is 1.30. The molecule has 0 spiro atoms. The molecule has 0 saturated carbocycles. The quantitative estimate of drug-likeness (QED) is 0.173. The summed E-state index contributed by atoms with van der Waals surface area (Å²) in [6.45, 7) is 0. The van der Waals surface area contributed by atoms with Crippen molar-refractivity contribution >= 4 is 112 Å². The zero-order chi connectivity index (χ0) is 16.8. The Hall–Kier alpha value is 0.320. The van der Waals surface area contributed by atoms with Crippen molar-refractivity contribution in [1.29, 1.82) is 0 Å². The molecule has 4 aromatic carbocycles. The van der Waals surface area contributed by atoms with Crippen LogP contribution in [0.5, 0.6) is 0 Å². The van der Waals surface area contributed by atoms with E-state index in [1.807, 2.05) is 0 Å². The first-order valence-electron chi connectivity index (χ1n) is 7.32. The first-order valence-corrected chi connectivity index (χ1v) is 11.6. The van der Waals surface area contributed by atoms with E-state index in [1.165, 1.54) is 47.0 Å². The summed E-state index contributed by atoms with van der Waals surface area (Å²) in [5.74, 6) is 0. The van der Waals surface area contributed by atoms with Crippen LogP contribution in [0, 0.1) is 14.3 Å². The van der Waals surface area contributed by atoms with Crippen LogP contribution < -0.4 is 0 Å². The van der Waals surface area contributed by atoms with Crippen LogP contribution in [0.1, 0.15) is 0 Å². The molecule has 118 valence electrons. The minimum absolute atomic E-state index is 1.30. The fourth-order valence-electron chi connectivity index (χ4n) is 3.06. The predicted octanol–water partition coefficient (Wildman–Crippen LogP) is 8.08. The summed E-state index contributed by atoms with van der Waals surface area (Å²) in [4.78, 5) is 0. The maximum atomic E-state index is 2.50. The van der Waals surface area contributed by atoms with Crippen molar-refractivity contribution in [2.45, 2.75) is 0 Å². The van der Waals surface area contributed by atoms with Crippen LogP contribution in [0.15, 0.2) is 60.7 Å². The van der Waals surface area contributed by atoms with Gasteiger partial charge < -0.3 is 0 Å². The van der Waals surface area contributed by atoms with Crippen molar-refractivity contribution in [2.24, 2.45) is 0 Å². The van der Waals surface area contributed by atoms with Gasteiger partial charge in [0, 0.05) is 25.4 Å². The summed E-state index contributed by atoms with van der Waals surface area (Å²) in [5, 5.41) is 5.26. The van der Waals surface area contributed by atoms with Gasteiger partial charge in [0.25, 0.3) is 0 Å². The third kappa shape index (κ3) is 2.98. The third-order valence-corrected chi connectivity index (χ3v) is 10.1. The van der Waals surface area contributed by atoms with Crippen LogP contribution in [0.3, 0.4) is 0 Å². The molecule has 0 bridgehead atoms. The van der Waals surface area contributed by atoms with Gasteiger partial charge in [-0.25, -0.2) is 0 Å². The van der Waals surface area contributed by atoms with Gasteiger partial charge in [-0.05, 0) is 124 Å². The molecule has 0 nitrogen and oxygen atoms in total. The molecule has 0 aliphatic heterocycles. The molecule has 4 aromatic rings. The smallest absolute Gasteiger partial charge is 0.0349 e. The van der Waals surface area contributed by atoms with E-state index in [1.54, 1.807) is 0 Å². The van der Waals surface area contributed by atoms with E-state index in [9.17, 15) is 0 Å². The molecule has 0 unspecified atom stereocenters. The van der Waals surface area contributed by atoms with Crippen LogP contribution in [-0.2, 0) is 0 Å². The second-order valence-corrected chi connectivity index (χ2v) is 10.0. The summed E-state index contributed by atoms with van der Waals surface area (Å²) in [7, 11) is 0. The maximum absolute atomic E-state index is 2.50. The monoisotopic (exact) mass is 758 g/mol. The fraction of sp³-hybridized carbons (Fsp3) is 0. The van der Waals surface area contributed by atoms with Crippen LogP contribution in [0.4, 0.5) is 0 Å². The predicted molar refractivity (Wildman–Crippen MR) is 138 cm³/mol. The highest BCUT2D eigenvalue weighted by Crippen LogP contribution is 2.43. The SMILES string of the molecule is Ic1cc2ccccc2c(-c2c(I)c(I)cc3ccccc23)c1I. The largest absolute Gasteiger partial charge is 0.0616 e. The lowest BCUT2D eigenvalue weighted by Gasteiger charge is -2.17. The first-order chi connectivity index (χ1) is 11.6. The van der Waals surface area contributed by atoms with Crippen molar-refractivity contribution in [3.05, 3.63) is 74.9 Å². The molecule has 0 aliphatic rings. The second kappa shape index (κ2) is 7.15. The van der Waals surface area contributed by atoms with Gasteiger partial charge in [0.15, 0.2) is 0 Å². The highest BCUT2D eigenvalue weighted by molar-refractivity contribution is 14.1. The molecule has 0 atom stereocenters. The molecule has 0 fully saturated rings. The summed E-state index contributed by atoms with van der Waals surface area (Å²) < 4.78 is 5.27. The Bertz CT molecular complexity index is 1010. The Balaban J connectivity index is 2.26. The maximum Gasteiger partial charge on any atom is 0.0349 e. The Morgan fingerprint density at radius 1 is 0.500 bits per heavy atom. The molecule has 0 amide bonds. The molecule has 24 heavy (non-hydrogen) atoms. The van der Waals surface area contributed by atoms with E-state index in [0.717, 1.165) is 0 Å². The van der Waals surface area contributed by atoms with Crippen LogP contribution in [0.2, 0.25) is 0 Å². The minimum Gasteiger partial charge on any atom is -0.0616 e. The van der Waals surface area contributed by atoms with E-state index >= 15 is 0 Å². The number of hydrogen-bond acceptors (Lipinski definition) is 0. The molecule has 4 heteroatoms. The fourth-order valence-corrected chi connectivity index (χ4v) is 5.71. The second-order valence-electron chi connectivity index (χ2n) is 5.54. The van der Waals surface area contributed by atoms with Crippen LogP contribution >= 0.6 is 90.4 Å². The summed E-state index contributed by atoms with van der Waals surface area (Å²) in [6, 6.07) is 22.0. The van der Waals surface area contributed by atoms with E-state index < -0.39 is 0 Å². The van der Waals surface area contributed by atoms with Gasteiger partial charge in [-0.3, -0.25) is 0 Å². The van der Waals surface area contributed by atoms with Gasteiger partial charge >= 0.3 is 0 Å². The van der Waals surface area contributed by atoms with Gasteiger partial charge in [0.05, 0.1) is 0 Å². The van der Waals surface area contributed by atoms with Gasteiger partial charge in [-0.15, -0.1) is 0 Å². The van der Waals surface area contributed by atoms with Gasteiger partial charge in [-0.2, -0.15) is 0 Å². The Morgan fingerprint density at radius 2 is 0.875 bits per heavy atom. The standard InChI is InChI=1S/C20H10I4/c21-15-9-11-5-1-3-7-13(11)17(19(15)23)18-14-8-4-2-6-12(14)10-16(22)20(18)24/h1-10H. The summed E-state index contributed by atoms with van der Waals surface area (Å²) in [6.07, 6.45) is 0. The van der Waals surface area contributed by atoms with E-state index in [-0.39, 0.29) is 0 Å². The molecule has 4 rings (SSSR count). The van der Waals surface area contributed by atoms with Gasteiger partial charge in [0.2, 0.25) is 0 Å². The zero-order valence-electron chi connectivity index (χ0n) is 12.3. The molecule has 0 saturated heterocycles. The highest BCUT2D eigenvalue weighted by Gasteiger charge is 2.18.